The van der Waals surface area contributed by atoms with Crippen molar-refractivity contribution in [1.29, 1.82) is 0 Å². The van der Waals surface area contributed by atoms with Crippen LogP contribution in [0.15, 0.2) is 23.2 Å². The van der Waals surface area contributed by atoms with Crippen LogP contribution in [0.25, 0.3) is 0 Å². The molecule has 8 heteroatoms. The zero-order valence-electron chi connectivity index (χ0n) is 16.2. The Morgan fingerprint density at radius 2 is 2.26 bits per heavy atom. The van der Waals surface area contributed by atoms with Crippen LogP contribution in [0.5, 0.6) is 5.75 Å². The molecule has 27 heavy (non-hydrogen) atoms. The topological polar surface area (TPSA) is 61.8 Å². The molecule has 0 bridgehead atoms. The van der Waals surface area contributed by atoms with E-state index in [1.54, 1.807) is 25.5 Å². The predicted octanol–water partition coefficient (Wildman–Crippen LogP) is 3.37. The van der Waals surface area contributed by atoms with Gasteiger partial charge in [-0.15, -0.1) is 11.3 Å². The van der Waals surface area contributed by atoms with Crippen molar-refractivity contribution in [2.45, 2.75) is 32.9 Å². The van der Waals surface area contributed by atoms with Crippen molar-refractivity contribution in [3.63, 3.8) is 0 Å². The number of methoxy groups -OCH3 is 1. The van der Waals surface area contributed by atoms with E-state index >= 15 is 0 Å². The van der Waals surface area contributed by atoms with Crippen molar-refractivity contribution in [3.05, 3.63) is 38.8 Å². The van der Waals surface area contributed by atoms with E-state index in [0.717, 1.165) is 59.2 Å². The highest BCUT2D eigenvalue weighted by Crippen LogP contribution is 2.33. The van der Waals surface area contributed by atoms with Crippen molar-refractivity contribution < 1.29 is 4.74 Å². The molecule has 1 aliphatic heterocycles. The number of hydrogen-bond donors (Lipinski definition) is 2. The largest absolute Gasteiger partial charge is 0.495 e. The maximum atomic E-state index is 6.18. The first-order valence-electron chi connectivity index (χ1n) is 8.98. The molecule has 0 amide bonds. The van der Waals surface area contributed by atoms with Gasteiger partial charge in [-0.3, -0.25) is 4.99 Å². The number of halogens is 1. The normalized spacial score (nSPS) is 17.3. The minimum Gasteiger partial charge on any atom is -0.495 e. The summed E-state index contributed by atoms with van der Waals surface area (Å²) in [5.41, 5.74) is 2.12. The third-order valence-corrected chi connectivity index (χ3v) is 5.96. The Labute approximate surface area is 169 Å². The van der Waals surface area contributed by atoms with Gasteiger partial charge in [0, 0.05) is 36.1 Å². The van der Waals surface area contributed by atoms with E-state index in [9.17, 15) is 0 Å². The van der Waals surface area contributed by atoms with E-state index in [1.807, 2.05) is 32.0 Å². The fourth-order valence-corrected chi connectivity index (χ4v) is 4.34. The molecule has 1 aliphatic rings. The van der Waals surface area contributed by atoms with Gasteiger partial charge in [0.25, 0.3) is 0 Å². The molecule has 1 aromatic carbocycles. The van der Waals surface area contributed by atoms with E-state index in [4.69, 9.17) is 16.3 Å². The van der Waals surface area contributed by atoms with Gasteiger partial charge in [0.1, 0.15) is 5.75 Å². The summed E-state index contributed by atoms with van der Waals surface area (Å²) in [5, 5.41) is 8.73. The molecule has 2 heterocycles. The lowest BCUT2D eigenvalue weighted by atomic mass is 10.2. The third kappa shape index (κ3) is 4.84. The monoisotopic (exact) mass is 407 g/mol. The van der Waals surface area contributed by atoms with Crippen molar-refractivity contribution in [2.75, 3.05) is 32.1 Å². The lowest BCUT2D eigenvalue weighted by Gasteiger charge is -2.22. The van der Waals surface area contributed by atoms with E-state index in [-0.39, 0.29) is 0 Å². The summed E-state index contributed by atoms with van der Waals surface area (Å²) in [5.74, 6) is 1.66. The summed E-state index contributed by atoms with van der Waals surface area (Å²) in [7, 11) is 3.49. The minimum absolute atomic E-state index is 0.309. The highest BCUT2D eigenvalue weighted by Gasteiger charge is 2.25. The number of aromatic nitrogens is 1. The maximum Gasteiger partial charge on any atom is 0.191 e. The Morgan fingerprint density at radius 3 is 2.93 bits per heavy atom. The average Bonchev–Trinajstić information content (AvgIpc) is 3.24. The SMILES string of the molecule is CN=C(NCc1sc(C)nc1C)NC1CCN(c2cc(Cl)ccc2OC)C1. The molecule has 3 rings (SSSR count). The van der Waals surface area contributed by atoms with Crippen LogP contribution in [0.3, 0.4) is 0 Å². The number of aliphatic imine (C=N–C) groups is 1. The number of benzene rings is 1. The molecule has 0 saturated carbocycles. The molecular formula is C19H26ClN5OS. The first kappa shape index (κ1) is 19.8. The fraction of sp³-hybridized carbons (Fsp3) is 0.474. The van der Waals surface area contributed by atoms with Crippen LogP contribution in [0.2, 0.25) is 5.02 Å². The molecule has 6 nitrogen and oxygen atoms in total. The van der Waals surface area contributed by atoms with E-state index in [1.165, 1.54) is 4.88 Å². The van der Waals surface area contributed by atoms with Gasteiger partial charge in [-0.1, -0.05) is 11.6 Å². The van der Waals surface area contributed by atoms with Crippen molar-refractivity contribution in [1.82, 2.24) is 15.6 Å². The van der Waals surface area contributed by atoms with E-state index in [0.29, 0.717) is 6.04 Å². The van der Waals surface area contributed by atoms with Crippen LogP contribution in [0, 0.1) is 13.8 Å². The number of thiazole rings is 1. The van der Waals surface area contributed by atoms with Crippen LogP contribution in [0.4, 0.5) is 5.69 Å². The Morgan fingerprint density at radius 1 is 1.44 bits per heavy atom. The number of rotatable bonds is 5. The molecule has 1 fully saturated rings. The second kappa shape index (κ2) is 8.80. The van der Waals surface area contributed by atoms with Crippen molar-refractivity contribution >= 4 is 34.6 Å². The summed E-state index contributed by atoms with van der Waals surface area (Å²) < 4.78 is 5.49. The zero-order valence-corrected chi connectivity index (χ0v) is 17.7. The Kier molecular flexibility index (Phi) is 6.44. The number of ether oxygens (including phenoxy) is 1. The van der Waals surface area contributed by atoms with Crippen molar-refractivity contribution in [3.8, 4) is 5.75 Å². The molecule has 146 valence electrons. The zero-order chi connectivity index (χ0) is 19.4. The van der Waals surface area contributed by atoms with Gasteiger partial charge in [0.15, 0.2) is 5.96 Å². The number of hydrogen-bond acceptors (Lipinski definition) is 5. The van der Waals surface area contributed by atoms with Crippen LogP contribution < -0.4 is 20.3 Å². The van der Waals surface area contributed by atoms with Crippen LogP contribution >= 0.6 is 22.9 Å². The van der Waals surface area contributed by atoms with Gasteiger partial charge in [-0.05, 0) is 38.5 Å². The van der Waals surface area contributed by atoms with Gasteiger partial charge < -0.3 is 20.3 Å². The van der Waals surface area contributed by atoms with Crippen LogP contribution in [0.1, 0.15) is 22.0 Å². The van der Waals surface area contributed by atoms with Gasteiger partial charge in [0.05, 0.1) is 30.0 Å². The van der Waals surface area contributed by atoms with Crippen LogP contribution in [-0.4, -0.2) is 44.2 Å². The highest BCUT2D eigenvalue weighted by atomic mass is 35.5. The quantitative estimate of drug-likeness (QED) is 0.587. The molecule has 1 unspecified atom stereocenters. The molecule has 1 atom stereocenters. The summed E-state index contributed by atoms with van der Waals surface area (Å²) in [6.45, 7) is 6.62. The second-order valence-corrected chi connectivity index (χ2v) is 8.28. The number of aryl methyl sites for hydroxylation is 2. The second-order valence-electron chi connectivity index (χ2n) is 6.56. The van der Waals surface area contributed by atoms with Crippen molar-refractivity contribution in [2.24, 2.45) is 4.99 Å². The molecule has 2 aromatic rings. The summed E-state index contributed by atoms with van der Waals surface area (Å²) >= 11 is 7.90. The summed E-state index contributed by atoms with van der Waals surface area (Å²) in [6.07, 6.45) is 1.02. The smallest absolute Gasteiger partial charge is 0.191 e. The Hall–Kier alpha value is -1.99. The molecule has 0 spiro atoms. The highest BCUT2D eigenvalue weighted by molar-refractivity contribution is 7.11. The standard InChI is InChI=1S/C19H26ClN5OS/c1-12-18(27-13(2)23-12)10-22-19(21-3)24-15-7-8-25(11-15)16-9-14(20)5-6-17(16)26-4/h5-6,9,15H,7-8,10-11H2,1-4H3,(H2,21,22,24). The van der Waals surface area contributed by atoms with E-state index in [2.05, 4.69) is 25.5 Å². The first-order chi connectivity index (χ1) is 13.0. The molecule has 1 aromatic heterocycles. The molecular weight excluding hydrogens is 382 g/mol. The third-order valence-electron chi connectivity index (χ3n) is 4.65. The average molecular weight is 408 g/mol. The lowest BCUT2D eigenvalue weighted by Crippen LogP contribution is -2.44. The molecule has 2 N–H and O–H groups in total. The van der Waals surface area contributed by atoms with E-state index < -0.39 is 0 Å². The number of guanidine groups is 1. The lowest BCUT2D eigenvalue weighted by molar-refractivity contribution is 0.415. The Bertz CT molecular complexity index is 822. The van der Waals surface area contributed by atoms with Gasteiger partial charge in [-0.2, -0.15) is 0 Å². The maximum absolute atomic E-state index is 6.18. The first-order valence-corrected chi connectivity index (χ1v) is 10.2. The van der Waals surface area contributed by atoms with Gasteiger partial charge >= 0.3 is 0 Å². The molecule has 0 radical (unpaired) electrons. The van der Waals surface area contributed by atoms with Gasteiger partial charge in [0.2, 0.25) is 0 Å². The molecule has 1 saturated heterocycles. The number of nitrogens with zero attached hydrogens (tertiary/aromatic N) is 3. The minimum atomic E-state index is 0.309. The number of nitrogens with one attached hydrogen (secondary N) is 2. The molecule has 0 aliphatic carbocycles. The Balaban J connectivity index is 1.58. The van der Waals surface area contributed by atoms with Gasteiger partial charge in [-0.25, -0.2) is 4.98 Å². The number of anilines is 1. The summed E-state index contributed by atoms with van der Waals surface area (Å²) in [4.78, 5) is 12.4. The van der Waals surface area contributed by atoms with Crippen LogP contribution in [-0.2, 0) is 6.54 Å². The predicted molar refractivity (Wildman–Crippen MR) is 114 cm³/mol. The fourth-order valence-electron chi connectivity index (χ4n) is 3.30. The summed E-state index contributed by atoms with van der Waals surface area (Å²) in [6, 6.07) is 6.04.